The van der Waals surface area contributed by atoms with Gasteiger partial charge in [-0.05, 0) is 52.5 Å². The highest BCUT2D eigenvalue weighted by atomic mass is 15.1. The van der Waals surface area contributed by atoms with Gasteiger partial charge in [0.1, 0.15) is 0 Å². The Morgan fingerprint density at radius 3 is 2.16 bits per heavy atom. The van der Waals surface area contributed by atoms with E-state index in [1.807, 2.05) is 0 Å². The van der Waals surface area contributed by atoms with Gasteiger partial charge in [-0.1, -0.05) is 33.1 Å². The van der Waals surface area contributed by atoms with Crippen LogP contribution in [0, 0.1) is 5.41 Å². The predicted octanol–water partition coefficient (Wildman–Crippen LogP) is 4.06. The number of nitrogens with zero attached hydrogens (tertiary/aromatic N) is 1. The highest BCUT2D eigenvalue weighted by Crippen LogP contribution is 2.29. The molecule has 1 fully saturated rings. The van der Waals surface area contributed by atoms with E-state index >= 15 is 0 Å². The molecule has 0 amide bonds. The van der Waals surface area contributed by atoms with Crippen molar-refractivity contribution in [2.24, 2.45) is 5.41 Å². The van der Waals surface area contributed by atoms with E-state index < -0.39 is 0 Å². The normalized spacial score (nSPS) is 21.0. The van der Waals surface area contributed by atoms with Gasteiger partial charge in [0.2, 0.25) is 0 Å². The first-order valence-corrected chi connectivity index (χ1v) is 8.21. The van der Waals surface area contributed by atoms with Crippen LogP contribution < -0.4 is 5.32 Å². The zero-order chi connectivity index (χ0) is 14.5. The minimum Gasteiger partial charge on any atom is -0.311 e. The summed E-state index contributed by atoms with van der Waals surface area (Å²) in [5.41, 5.74) is 0.625. The largest absolute Gasteiger partial charge is 0.311 e. The molecule has 19 heavy (non-hydrogen) atoms. The fourth-order valence-corrected chi connectivity index (χ4v) is 3.38. The number of hydrogen-bond acceptors (Lipinski definition) is 2. The van der Waals surface area contributed by atoms with Crippen LogP contribution in [-0.4, -0.2) is 36.6 Å². The second kappa shape index (κ2) is 7.08. The van der Waals surface area contributed by atoms with Gasteiger partial charge in [-0.15, -0.1) is 0 Å². The second-order valence-electron chi connectivity index (χ2n) is 8.02. The fourth-order valence-electron chi connectivity index (χ4n) is 3.38. The van der Waals surface area contributed by atoms with Crippen molar-refractivity contribution in [3.05, 3.63) is 0 Å². The fraction of sp³-hybridized carbons (Fsp3) is 1.00. The molecule has 1 N–H and O–H groups in total. The van der Waals surface area contributed by atoms with E-state index in [9.17, 15) is 0 Å². The van der Waals surface area contributed by atoms with E-state index in [0.29, 0.717) is 5.41 Å². The van der Waals surface area contributed by atoms with Gasteiger partial charge in [0.15, 0.2) is 0 Å². The van der Waals surface area contributed by atoms with E-state index in [0.717, 1.165) is 12.6 Å². The lowest BCUT2D eigenvalue weighted by Gasteiger charge is -2.38. The van der Waals surface area contributed by atoms with Gasteiger partial charge in [0, 0.05) is 24.7 Å². The van der Waals surface area contributed by atoms with E-state index in [1.165, 1.54) is 45.1 Å². The maximum Gasteiger partial charge on any atom is 0.00967 e. The Morgan fingerprint density at radius 1 is 1.11 bits per heavy atom. The van der Waals surface area contributed by atoms with Crippen LogP contribution in [-0.2, 0) is 0 Å². The average Bonchev–Trinajstić information content (AvgIpc) is 2.79. The monoisotopic (exact) mass is 268 g/mol. The zero-order valence-electron chi connectivity index (χ0n) is 14.2. The van der Waals surface area contributed by atoms with E-state index in [1.54, 1.807) is 0 Å². The van der Waals surface area contributed by atoms with E-state index in [2.05, 4.69) is 51.9 Å². The molecule has 1 rings (SSSR count). The highest BCUT2D eigenvalue weighted by molar-refractivity contribution is 4.86. The summed E-state index contributed by atoms with van der Waals surface area (Å²) in [5, 5.41) is 3.72. The Bertz CT molecular complexity index is 250. The molecule has 0 spiro atoms. The summed E-state index contributed by atoms with van der Waals surface area (Å²) in [6, 6.07) is 0.839. The molecular formula is C17H36N2. The van der Waals surface area contributed by atoms with Crippen molar-refractivity contribution in [3.8, 4) is 0 Å². The summed E-state index contributed by atoms with van der Waals surface area (Å²) >= 11 is 0. The van der Waals surface area contributed by atoms with Gasteiger partial charge in [-0.2, -0.15) is 0 Å². The van der Waals surface area contributed by atoms with Gasteiger partial charge in [0.05, 0.1) is 0 Å². The summed E-state index contributed by atoms with van der Waals surface area (Å²) in [7, 11) is 2.33. The molecular weight excluding hydrogens is 232 g/mol. The topological polar surface area (TPSA) is 15.3 Å². The Hall–Kier alpha value is -0.0800. The Labute approximate surface area is 121 Å². The minimum absolute atomic E-state index is 0.223. The van der Waals surface area contributed by atoms with Crippen LogP contribution in [0.25, 0.3) is 0 Å². The predicted molar refractivity (Wildman–Crippen MR) is 85.7 cm³/mol. The molecule has 0 aliphatic heterocycles. The molecule has 114 valence electrons. The van der Waals surface area contributed by atoms with Crippen LogP contribution in [0.1, 0.15) is 73.1 Å². The summed E-state index contributed by atoms with van der Waals surface area (Å²) in [6.45, 7) is 13.9. The summed E-state index contributed by atoms with van der Waals surface area (Å²) in [6.07, 6.45) is 8.27. The minimum atomic E-state index is 0.223. The smallest absolute Gasteiger partial charge is 0.00967 e. The maximum absolute atomic E-state index is 3.72. The third kappa shape index (κ3) is 6.27. The molecule has 0 radical (unpaired) electrons. The van der Waals surface area contributed by atoms with Gasteiger partial charge in [-0.3, -0.25) is 0 Å². The molecule has 1 aliphatic carbocycles. The third-order valence-electron chi connectivity index (χ3n) is 4.48. The molecule has 0 aromatic carbocycles. The summed E-state index contributed by atoms with van der Waals surface area (Å²) in [4.78, 5) is 2.63. The van der Waals surface area contributed by atoms with Crippen molar-refractivity contribution in [2.75, 3.05) is 20.1 Å². The highest BCUT2D eigenvalue weighted by Gasteiger charge is 2.30. The van der Waals surface area contributed by atoms with Crippen molar-refractivity contribution >= 4 is 0 Å². The van der Waals surface area contributed by atoms with Gasteiger partial charge >= 0.3 is 0 Å². The quantitative estimate of drug-likeness (QED) is 0.749. The number of hydrogen-bond donors (Lipinski definition) is 1. The molecule has 1 atom stereocenters. The first kappa shape index (κ1) is 17.0. The number of rotatable bonds is 7. The molecule has 1 unspecified atom stereocenters. The van der Waals surface area contributed by atoms with Crippen molar-refractivity contribution in [2.45, 2.75) is 84.7 Å². The van der Waals surface area contributed by atoms with Crippen LogP contribution in [0.3, 0.4) is 0 Å². The lowest BCUT2D eigenvalue weighted by molar-refractivity contribution is 0.129. The van der Waals surface area contributed by atoms with E-state index in [4.69, 9.17) is 0 Å². The van der Waals surface area contributed by atoms with Crippen molar-refractivity contribution in [1.29, 1.82) is 0 Å². The van der Waals surface area contributed by atoms with Crippen LogP contribution >= 0.6 is 0 Å². The SMILES string of the molecule is CCCC(C)(CNC(C)(C)C)CN(C)C1CCCC1. The molecule has 0 aromatic heterocycles. The van der Waals surface area contributed by atoms with Crippen LogP contribution in [0.4, 0.5) is 0 Å². The van der Waals surface area contributed by atoms with E-state index in [-0.39, 0.29) is 5.54 Å². The molecule has 0 saturated heterocycles. The van der Waals surface area contributed by atoms with Crippen LogP contribution in [0.15, 0.2) is 0 Å². The molecule has 1 aliphatic rings. The van der Waals surface area contributed by atoms with Gasteiger partial charge in [-0.25, -0.2) is 0 Å². The zero-order valence-corrected chi connectivity index (χ0v) is 14.2. The van der Waals surface area contributed by atoms with Gasteiger partial charge in [0.25, 0.3) is 0 Å². The van der Waals surface area contributed by atoms with Crippen molar-refractivity contribution in [1.82, 2.24) is 10.2 Å². The second-order valence-corrected chi connectivity index (χ2v) is 8.02. The Morgan fingerprint density at radius 2 is 1.68 bits per heavy atom. The average molecular weight is 268 g/mol. The third-order valence-corrected chi connectivity index (χ3v) is 4.48. The maximum atomic E-state index is 3.72. The molecule has 2 nitrogen and oxygen atoms in total. The van der Waals surface area contributed by atoms with Crippen LogP contribution in [0.2, 0.25) is 0 Å². The first-order chi connectivity index (χ1) is 8.76. The lowest BCUT2D eigenvalue weighted by Crippen LogP contribution is -2.48. The molecule has 0 bridgehead atoms. The standard InChI is InChI=1S/C17H36N2/c1-7-12-17(5,13-18-16(2,3)4)14-19(6)15-10-8-9-11-15/h15,18H,7-14H2,1-6H3. The lowest BCUT2D eigenvalue weighted by atomic mass is 9.83. The van der Waals surface area contributed by atoms with Crippen LogP contribution in [0.5, 0.6) is 0 Å². The van der Waals surface area contributed by atoms with Crippen molar-refractivity contribution in [3.63, 3.8) is 0 Å². The van der Waals surface area contributed by atoms with Crippen molar-refractivity contribution < 1.29 is 0 Å². The molecule has 2 heteroatoms. The molecule has 0 aromatic rings. The Kier molecular flexibility index (Phi) is 6.32. The molecule has 1 saturated carbocycles. The summed E-state index contributed by atoms with van der Waals surface area (Å²) in [5.74, 6) is 0. The first-order valence-electron chi connectivity index (χ1n) is 8.21. The Balaban J connectivity index is 2.53. The van der Waals surface area contributed by atoms with Gasteiger partial charge < -0.3 is 10.2 Å². The molecule has 0 heterocycles. The summed E-state index contributed by atoms with van der Waals surface area (Å²) < 4.78 is 0. The number of nitrogens with one attached hydrogen (secondary N) is 1.